The van der Waals surface area contributed by atoms with Crippen molar-refractivity contribution in [3.05, 3.63) is 81.9 Å². The van der Waals surface area contributed by atoms with Crippen LogP contribution in [0, 0.1) is 13.8 Å². The number of rotatable bonds is 2. The fourth-order valence-electron chi connectivity index (χ4n) is 3.32. The fourth-order valence-corrected chi connectivity index (χ4v) is 4.98. The summed E-state index contributed by atoms with van der Waals surface area (Å²) in [6, 6.07) is 13.7. The molecule has 0 spiro atoms. The Morgan fingerprint density at radius 2 is 1.19 bits per heavy atom. The van der Waals surface area contributed by atoms with E-state index in [2.05, 4.69) is 74.5 Å². The van der Waals surface area contributed by atoms with Crippen LogP contribution in [0.3, 0.4) is 0 Å². The molecule has 0 saturated heterocycles. The lowest BCUT2D eigenvalue weighted by Gasteiger charge is -2.16. The van der Waals surface area contributed by atoms with Crippen LogP contribution in [0.2, 0.25) is 0 Å². The van der Waals surface area contributed by atoms with Crippen LogP contribution in [-0.2, 0) is 0 Å². The molecule has 4 rings (SSSR count). The number of hydrogen-bond donors (Lipinski definition) is 0. The summed E-state index contributed by atoms with van der Waals surface area (Å²) in [6.45, 7) is 4.37. The predicted octanol–water partition coefficient (Wildman–Crippen LogP) is 4.84. The summed E-state index contributed by atoms with van der Waals surface area (Å²) in [5, 5.41) is 0. The number of aryl methyl sites for hydroxylation is 2. The first kappa shape index (κ1) is 12.8. The Bertz CT molecular complexity index is 702. The third kappa shape index (κ3) is 2.22. The maximum atomic E-state index is 2.39. The molecule has 1 heteroatoms. The zero-order valence-corrected chi connectivity index (χ0v) is 13.4. The topological polar surface area (TPSA) is 0 Å². The summed E-state index contributed by atoms with van der Waals surface area (Å²) in [5.74, 6) is 0. The van der Waals surface area contributed by atoms with Gasteiger partial charge < -0.3 is 0 Å². The molecule has 2 aromatic carbocycles. The van der Waals surface area contributed by atoms with Crippen LogP contribution < -0.4 is 0 Å². The van der Waals surface area contributed by atoms with E-state index in [0.717, 1.165) is 9.52 Å². The molecule has 0 nitrogen and oxygen atoms in total. The Kier molecular flexibility index (Phi) is 2.97. The van der Waals surface area contributed by atoms with Crippen molar-refractivity contribution in [2.24, 2.45) is 0 Å². The van der Waals surface area contributed by atoms with Crippen LogP contribution in [0.25, 0.3) is 12.2 Å². The van der Waals surface area contributed by atoms with Gasteiger partial charge in [0.15, 0.2) is 0 Å². The van der Waals surface area contributed by atoms with Gasteiger partial charge in [-0.3, -0.25) is 0 Å². The summed E-state index contributed by atoms with van der Waals surface area (Å²) in [4.78, 5) is 0. The highest BCUT2D eigenvalue weighted by Crippen LogP contribution is 2.37. The van der Waals surface area contributed by atoms with Crippen molar-refractivity contribution in [3.8, 4) is 0 Å². The third-order valence-electron chi connectivity index (χ3n) is 4.45. The summed E-state index contributed by atoms with van der Waals surface area (Å²) >= 11 is 0. The monoisotopic (exact) mass is 286 g/mol. The highest BCUT2D eigenvalue weighted by Gasteiger charge is 2.25. The lowest BCUT2D eigenvalue weighted by Crippen LogP contribution is -2.12. The summed E-state index contributed by atoms with van der Waals surface area (Å²) in [6.07, 6.45) is 9.37. The van der Waals surface area contributed by atoms with Gasteiger partial charge in [0.05, 0.1) is 9.52 Å². The molecule has 2 atom stereocenters. The molecular formula is C20H18Si. The van der Waals surface area contributed by atoms with E-state index >= 15 is 0 Å². The minimum absolute atomic E-state index is 0.584. The standard InChI is InChI=1S/C20H18Si/c1-13-3-5-15-7-9-19(17(15)11-13)21-20-10-8-16-6-4-14(2)12-18(16)20/h3-12,19-20H,1-2H3. The lowest BCUT2D eigenvalue weighted by molar-refractivity contribution is 1.12. The van der Waals surface area contributed by atoms with Crippen LogP contribution in [0.15, 0.2) is 48.6 Å². The first-order valence-corrected chi connectivity index (χ1v) is 8.70. The van der Waals surface area contributed by atoms with Gasteiger partial charge in [-0.25, -0.2) is 0 Å². The van der Waals surface area contributed by atoms with Gasteiger partial charge in [0.25, 0.3) is 0 Å². The smallest absolute Gasteiger partial charge is 0.0670 e. The molecule has 0 aromatic heterocycles. The highest BCUT2D eigenvalue weighted by molar-refractivity contribution is 6.43. The van der Waals surface area contributed by atoms with Crippen molar-refractivity contribution in [1.82, 2.24) is 0 Å². The van der Waals surface area contributed by atoms with Gasteiger partial charge in [0.2, 0.25) is 0 Å². The largest absolute Gasteiger partial charge is 0.0796 e. The average Bonchev–Trinajstić information content (AvgIpc) is 3.04. The van der Waals surface area contributed by atoms with E-state index in [4.69, 9.17) is 0 Å². The molecular weight excluding hydrogens is 268 g/mol. The Morgan fingerprint density at radius 3 is 1.67 bits per heavy atom. The maximum Gasteiger partial charge on any atom is 0.0670 e. The summed E-state index contributed by atoms with van der Waals surface area (Å²) in [7, 11) is 0.893. The molecule has 0 saturated carbocycles. The van der Waals surface area contributed by atoms with E-state index in [1.54, 1.807) is 0 Å². The Hall–Kier alpha value is -1.86. The highest BCUT2D eigenvalue weighted by atomic mass is 28.2. The minimum Gasteiger partial charge on any atom is -0.0796 e. The Morgan fingerprint density at radius 1 is 0.714 bits per heavy atom. The molecule has 21 heavy (non-hydrogen) atoms. The Labute approximate surface area is 129 Å². The van der Waals surface area contributed by atoms with E-state index in [1.165, 1.54) is 33.4 Å². The zero-order chi connectivity index (χ0) is 14.4. The summed E-state index contributed by atoms with van der Waals surface area (Å²) in [5.41, 5.74) is 9.75. The third-order valence-corrected chi connectivity index (χ3v) is 6.18. The van der Waals surface area contributed by atoms with E-state index in [0.29, 0.717) is 11.1 Å². The van der Waals surface area contributed by atoms with Gasteiger partial charge in [0, 0.05) is 0 Å². The van der Waals surface area contributed by atoms with Crippen LogP contribution >= 0.6 is 0 Å². The van der Waals surface area contributed by atoms with E-state index in [-0.39, 0.29) is 0 Å². The lowest BCUT2D eigenvalue weighted by atomic mass is 10.1. The molecule has 0 aliphatic heterocycles. The summed E-state index contributed by atoms with van der Waals surface area (Å²) < 4.78 is 0. The number of hydrogen-bond acceptors (Lipinski definition) is 0. The van der Waals surface area contributed by atoms with Gasteiger partial charge in [0.1, 0.15) is 0 Å². The van der Waals surface area contributed by atoms with Crippen LogP contribution in [0.1, 0.15) is 44.5 Å². The first-order valence-electron chi connectivity index (χ1n) is 7.54. The fraction of sp³-hybridized carbons (Fsp3) is 0.200. The second-order valence-electron chi connectivity index (χ2n) is 6.10. The molecule has 2 aliphatic carbocycles. The first-order chi connectivity index (χ1) is 10.2. The van der Waals surface area contributed by atoms with E-state index in [9.17, 15) is 0 Å². The van der Waals surface area contributed by atoms with Crippen molar-refractivity contribution >= 4 is 21.7 Å². The number of allylic oxidation sites excluding steroid dienone is 2. The average molecular weight is 286 g/mol. The van der Waals surface area contributed by atoms with Crippen LogP contribution in [0.5, 0.6) is 0 Å². The van der Waals surface area contributed by atoms with Crippen LogP contribution in [0.4, 0.5) is 0 Å². The van der Waals surface area contributed by atoms with Gasteiger partial charge in [-0.15, -0.1) is 0 Å². The van der Waals surface area contributed by atoms with Gasteiger partial charge in [-0.05, 0) is 47.2 Å². The van der Waals surface area contributed by atoms with Crippen molar-refractivity contribution in [2.75, 3.05) is 0 Å². The van der Waals surface area contributed by atoms with E-state index in [1.807, 2.05) is 0 Å². The van der Waals surface area contributed by atoms with Crippen molar-refractivity contribution in [2.45, 2.75) is 24.9 Å². The molecule has 2 aromatic rings. The molecule has 0 fully saturated rings. The quantitative estimate of drug-likeness (QED) is 0.693. The SMILES string of the molecule is Cc1ccc2c(c1)C([Si]C1C=Cc3ccc(C)cc31)C=C2. The van der Waals surface area contributed by atoms with Gasteiger partial charge in [-0.2, -0.15) is 0 Å². The molecule has 0 amide bonds. The molecule has 0 N–H and O–H groups in total. The Balaban J connectivity index is 1.63. The minimum atomic E-state index is 0.584. The number of fused-ring (bicyclic) bond motifs is 2. The molecule has 0 heterocycles. The predicted molar refractivity (Wildman–Crippen MR) is 91.7 cm³/mol. The molecule has 2 unspecified atom stereocenters. The van der Waals surface area contributed by atoms with Crippen molar-refractivity contribution < 1.29 is 0 Å². The second-order valence-corrected chi connectivity index (χ2v) is 7.68. The molecule has 0 bridgehead atoms. The zero-order valence-electron chi connectivity index (χ0n) is 12.4. The van der Waals surface area contributed by atoms with Crippen molar-refractivity contribution in [3.63, 3.8) is 0 Å². The normalized spacial score (nSPS) is 21.6. The van der Waals surface area contributed by atoms with Crippen LogP contribution in [-0.4, -0.2) is 9.52 Å². The molecule has 2 aliphatic rings. The van der Waals surface area contributed by atoms with Gasteiger partial charge >= 0.3 is 0 Å². The van der Waals surface area contributed by atoms with Crippen molar-refractivity contribution in [1.29, 1.82) is 0 Å². The molecule has 2 radical (unpaired) electrons. The van der Waals surface area contributed by atoms with E-state index < -0.39 is 0 Å². The second kappa shape index (κ2) is 4.85. The molecule has 102 valence electrons. The number of benzene rings is 2. The maximum absolute atomic E-state index is 2.39. The van der Waals surface area contributed by atoms with Gasteiger partial charge in [-0.1, -0.05) is 71.8 Å².